The van der Waals surface area contributed by atoms with Crippen LogP contribution >= 0.6 is 0 Å². The molecule has 150 valence electrons. The molecule has 4 rings (SSSR count). The Bertz CT molecular complexity index is 683. The van der Waals surface area contributed by atoms with E-state index in [1.165, 1.54) is 39.0 Å². The molecule has 0 unspecified atom stereocenters. The Kier molecular flexibility index (Phi) is 4.67. The first-order chi connectivity index (χ1) is 12.8. The summed E-state index contributed by atoms with van der Waals surface area (Å²) >= 11 is 0. The zero-order valence-electron chi connectivity index (χ0n) is 17.3. The van der Waals surface area contributed by atoms with Gasteiger partial charge in [0.15, 0.2) is 0 Å². The smallest absolute Gasteiger partial charge is 0.302 e. The molecule has 7 atom stereocenters. The Morgan fingerprint density at radius 1 is 1.15 bits per heavy atom. The zero-order chi connectivity index (χ0) is 19.4. The van der Waals surface area contributed by atoms with Crippen molar-refractivity contribution in [3.05, 3.63) is 11.6 Å². The van der Waals surface area contributed by atoms with Gasteiger partial charge in [0, 0.05) is 19.3 Å². The second kappa shape index (κ2) is 6.63. The van der Waals surface area contributed by atoms with Crippen molar-refractivity contribution in [2.75, 3.05) is 0 Å². The molecule has 3 saturated carbocycles. The molecule has 0 radical (unpaired) electrons. The van der Waals surface area contributed by atoms with Crippen LogP contribution in [-0.2, 0) is 9.53 Å². The summed E-state index contributed by atoms with van der Waals surface area (Å²) in [6.45, 7) is 8.46. The van der Waals surface area contributed by atoms with E-state index in [0.29, 0.717) is 5.92 Å². The predicted molar refractivity (Wildman–Crippen MR) is 106 cm³/mol. The molecular formula is C23H35NO3. The molecular weight excluding hydrogens is 338 g/mol. The third-order valence-corrected chi connectivity index (χ3v) is 9.05. The monoisotopic (exact) mass is 373 g/mol. The highest BCUT2D eigenvalue weighted by Crippen LogP contribution is 2.66. The number of carbonyl (C=O) groups excluding carboxylic acids is 1. The Balaban J connectivity index is 1.58. The molecule has 3 fully saturated rings. The lowest BCUT2D eigenvalue weighted by atomic mass is 9.47. The van der Waals surface area contributed by atoms with Crippen molar-refractivity contribution in [1.29, 1.82) is 0 Å². The first-order valence-electron chi connectivity index (χ1n) is 10.8. The number of nitrogens with zero attached hydrogens (tertiary/aromatic N) is 1. The summed E-state index contributed by atoms with van der Waals surface area (Å²) < 4.78 is 5.54. The maximum Gasteiger partial charge on any atom is 0.302 e. The van der Waals surface area contributed by atoms with E-state index in [0.717, 1.165) is 42.7 Å². The van der Waals surface area contributed by atoms with Crippen molar-refractivity contribution in [2.45, 2.75) is 85.2 Å². The molecule has 1 N–H and O–H groups in total. The van der Waals surface area contributed by atoms with Crippen molar-refractivity contribution in [3.8, 4) is 0 Å². The molecule has 0 bridgehead atoms. The lowest BCUT2D eigenvalue weighted by Crippen LogP contribution is -2.51. The molecule has 0 spiro atoms. The molecule has 0 aliphatic heterocycles. The van der Waals surface area contributed by atoms with Gasteiger partial charge in [0.2, 0.25) is 0 Å². The van der Waals surface area contributed by atoms with Crippen molar-refractivity contribution in [3.63, 3.8) is 0 Å². The van der Waals surface area contributed by atoms with Gasteiger partial charge in [0.1, 0.15) is 6.10 Å². The summed E-state index contributed by atoms with van der Waals surface area (Å²) in [5, 5.41) is 12.9. The van der Waals surface area contributed by atoms with Crippen molar-refractivity contribution < 1.29 is 14.7 Å². The van der Waals surface area contributed by atoms with Gasteiger partial charge < -0.3 is 9.94 Å². The standard InChI is InChI=1S/C23H35NO3/c1-14(24-26)19-7-8-20-18-6-5-16-13-17(27-15(2)25)9-11-22(16,3)21(18)10-12-23(19,20)4/h5,17-21,26H,6-13H2,1-4H3/b24-14+/t17-,18+,19-,20-,21+,22-,23+/m0/s1. The van der Waals surface area contributed by atoms with E-state index in [2.05, 4.69) is 25.1 Å². The van der Waals surface area contributed by atoms with E-state index >= 15 is 0 Å². The number of hydrogen-bond acceptors (Lipinski definition) is 4. The van der Waals surface area contributed by atoms with Crippen LogP contribution in [0.2, 0.25) is 0 Å². The van der Waals surface area contributed by atoms with E-state index in [9.17, 15) is 10.0 Å². The highest BCUT2D eigenvalue weighted by Gasteiger charge is 2.59. The number of carbonyl (C=O) groups is 1. The van der Waals surface area contributed by atoms with Gasteiger partial charge in [-0.25, -0.2) is 0 Å². The minimum Gasteiger partial charge on any atom is -0.462 e. The summed E-state index contributed by atoms with van der Waals surface area (Å²) in [6.07, 6.45) is 11.8. The molecule has 27 heavy (non-hydrogen) atoms. The maximum atomic E-state index is 11.4. The summed E-state index contributed by atoms with van der Waals surface area (Å²) in [7, 11) is 0. The Hall–Kier alpha value is -1.32. The minimum atomic E-state index is -0.149. The predicted octanol–water partition coefficient (Wildman–Crippen LogP) is 5.35. The van der Waals surface area contributed by atoms with Gasteiger partial charge in [-0.3, -0.25) is 4.79 Å². The molecule has 0 aromatic carbocycles. The lowest BCUT2D eigenvalue weighted by Gasteiger charge is -2.58. The largest absolute Gasteiger partial charge is 0.462 e. The van der Waals surface area contributed by atoms with Gasteiger partial charge in [-0.15, -0.1) is 0 Å². The van der Waals surface area contributed by atoms with Crippen molar-refractivity contribution in [1.82, 2.24) is 0 Å². The van der Waals surface area contributed by atoms with Crippen LogP contribution in [0.4, 0.5) is 0 Å². The van der Waals surface area contributed by atoms with Crippen LogP contribution in [0.25, 0.3) is 0 Å². The normalized spacial score (nSPS) is 46.7. The fourth-order valence-corrected chi connectivity index (χ4v) is 7.72. The average Bonchev–Trinajstić information content (AvgIpc) is 2.98. The summed E-state index contributed by atoms with van der Waals surface area (Å²) in [5.41, 5.74) is 3.04. The van der Waals surface area contributed by atoms with Gasteiger partial charge in [-0.05, 0) is 80.5 Å². The highest BCUT2D eigenvalue weighted by atomic mass is 16.5. The quantitative estimate of drug-likeness (QED) is 0.233. The number of esters is 1. The molecule has 4 heteroatoms. The first kappa shape index (κ1) is 19.0. The molecule has 0 aromatic rings. The van der Waals surface area contributed by atoms with Crippen molar-refractivity contribution >= 4 is 11.7 Å². The summed E-state index contributed by atoms with van der Waals surface area (Å²) in [6, 6.07) is 0. The zero-order valence-corrected chi connectivity index (χ0v) is 17.3. The number of rotatable bonds is 2. The molecule has 0 saturated heterocycles. The van der Waals surface area contributed by atoms with Crippen molar-refractivity contribution in [2.24, 2.45) is 39.7 Å². The number of allylic oxidation sites excluding steroid dienone is 1. The average molecular weight is 374 g/mol. The number of oxime groups is 1. The molecule has 4 aliphatic carbocycles. The van der Waals surface area contributed by atoms with Crippen LogP contribution in [0.1, 0.15) is 79.1 Å². The number of ether oxygens (including phenoxy) is 1. The second-order valence-electron chi connectivity index (χ2n) is 10.1. The van der Waals surface area contributed by atoms with Crippen LogP contribution < -0.4 is 0 Å². The third kappa shape index (κ3) is 2.86. The van der Waals surface area contributed by atoms with E-state index < -0.39 is 0 Å². The fourth-order valence-electron chi connectivity index (χ4n) is 7.72. The Labute approximate surface area is 163 Å². The Morgan fingerprint density at radius 3 is 2.63 bits per heavy atom. The van der Waals surface area contributed by atoms with E-state index in [-0.39, 0.29) is 22.9 Å². The SMILES string of the molecule is CC(=O)O[C@H]1CC[C@@]2(C)C(=CC[C@H]3[C@H]2CC[C@]2(C)[C@H](/C(C)=N/O)CC[C@@H]32)C1. The van der Waals surface area contributed by atoms with E-state index in [1.807, 2.05) is 6.92 Å². The molecule has 0 amide bonds. The van der Waals surface area contributed by atoms with Gasteiger partial charge in [0.05, 0.1) is 5.71 Å². The highest BCUT2D eigenvalue weighted by molar-refractivity contribution is 5.85. The van der Waals surface area contributed by atoms with E-state index in [4.69, 9.17) is 4.74 Å². The molecule has 4 aliphatic rings. The number of hydrogen-bond donors (Lipinski definition) is 1. The second-order valence-corrected chi connectivity index (χ2v) is 10.1. The van der Waals surface area contributed by atoms with E-state index in [1.54, 1.807) is 5.57 Å². The van der Waals surface area contributed by atoms with Crippen LogP contribution in [0.3, 0.4) is 0 Å². The third-order valence-electron chi connectivity index (χ3n) is 9.05. The molecule has 0 aromatic heterocycles. The number of fused-ring (bicyclic) bond motifs is 5. The van der Waals surface area contributed by atoms with Crippen LogP contribution in [0, 0.1) is 34.5 Å². The minimum absolute atomic E-state index is 0.0755. The van der Waals surface area contributed by atoms with Gasteiger partial charge in [-0.1, -0.05) is 30.7 Å². The van der Waals surface area contributed by atoms with Crippen LogP contribution in [-0.4, -0.2) is 23.0 Å². The first-order valence-corrected chi connectivity index (χ1v) is 10.8. The topological polar surface area (TPSA) is 58.9 Å². The van der Waals surface area contributed by atoms with Crippen LogP contribution in [0.15, 0.2) is 16.8 Å². The molecule has 4 nitrogen and oxygen atoms in total. The van der Waals surface area contributed by atoms with Gasteiger partial charge in [-0.2, -0.15) is 0 Å². The summed E-state index contributed by atoms with van der Waals surface area (Å²) in [4.78, 5) is 11.4. The summed E-state index contributed by atoms with van der Waals surface area (Å²) in [5.74, 6) is 2.52. The maximum absolute atomic E-state index is 11.4. The van der Waals surface area contributed by atoms with Gasteiger partial charge in [0.25, 0.3) is 0 Å². The Morgan fingerprint density at radius 2 is 1.93 bits per heavy atom. The van der Waals surface area contributed by atoms with Gasteiger partial charge >= 0.3 is 5.97 Å². The fraction of sp³-hybridized carbons (Fsp3) is 0.826. The lowest BCUT2D eigenvalue weighted by molar-refractivity contribution is -0.148. The molecule has 0 heterocycles. The van der Waals surface area contributed by atoms with Crippen LogP contribution in [0.5, 0.6) is 0 Å².